The molecule has 0 spiro atoms. The Kier molecular flexibility index (Phi) is 3.85. The third-order valence-corrected chi connectivity index (χ3v) is 3.08. The molecule has 0 aliphatic carbocycles. The van der Waals surface area contributed by atoms with E-state index in [1.54, 1.807) is 24.3 Å². The van der Waals surface area contributed by atoms with Gasteiger partial charge in [0.2, 0.25) is 0 Å². The summed E-state index contributed by atoms with van der Waals surface area (Å²) in [5.74, 6) is -0.194. The van der Waals surface area contributed by atoms with Crippen LogP contribution in [0.3, 0.4) is 0 Å². The molecule has 0 saturated carbocycles. The van der Waals surface area contributed by atoms with Gasteiger partial charge in [0.1, 0.15) is 5.75 Å². The summed E-state index contributed by atoms with van der Waals surface area (Å²) in [5, 5.41) is 0. The SMILES string of the molecule is Cc1cc(Br)ccc1-c1ccccc1OC(F)(F)F. The van der Waals surface area contributed by atoms with Crippen LogP contribution in [-0.4, -0.2) is 6.36 Å². The first-order valence-electron chi connectivity index (χ1n) is 5.48. The van der Waals surface area contributed by atoms with Gasteiger partial charge in [-0.15, -0.1) is 13.2 Å². The molecule has 0 aliphatic rings. The van der Waals surface area contributed by atoms with Gasteiger partial charge in [0.05, 0.1) is 0 Å². The maximum absolute atomic E-state index is 12.4. The standard InChI is InChI=1S/C14H10BrF3O/c1-9-8-10(15)6-7-11(9)12-4-2-3-5-13(12)19-14(16,17)18/h2-8H,1H3. The van der Waals surface area contributed by atoms with Gasteiger partial charge in [0.25, 0.3) is 0 Å². The fourth-order valence-electron chi connectivity index (χ4n) is 1.83. The van der Waals surface area contributed by atoms with E-state index in [2.05, 4.69) is 20.7 Å². The van der Waals surface area contributed by atoms with Gasteiger partial charge >= 0.3 is 6.36 Å². The van der Waals surface area contributed by atoms with Crippen molar-refractivity contribution in [1.29, 1.82) is 0 Å². The molecule has 0 heterocycles. The van der Waals surface area contributed by atoms with Crippen LogP contribution in [-0.2, 0) is 0 Å². The van der Waals surface area contributed by atoms with Gasteiger partial charge in [0, 0.05) is 10.0 Å². The second kappa shape index (κ2) is 5.25. The van der Waals surface area contributed by atoms with E-state index in [4.69, 9.17) is 0 Å². The molecule has 0 amide bonds. The van der Waals surface area contributed by atoms with Crippen molar-refractivity contribution in [2.24, 2.45) is 0 Å². The average molecular weight is 331 g/mol. The van der Waals surface area contributed by atoms with E-state index in [0.29, 0.717) is 11.1 Å². The highest BCUT2D eigenvalue weighted by atomic mass is 79.9. The Labute approximate surface area is 117 Å². The number of rotatable bonds is 2. The maximum atomic E-state index is 12.4. The molecule has 100 valence electrons. The van der Waals surface area contributed by atoms with Crippen molar-refractivity contribution >= 4 is 15.9 Å². The van der Waals surface area contributed by atoms with Crippen molar-refractivity contribution in [3.8, 4) is 16.9 Å². The first-order valence-corrected chi connectivity index (χ1v) is 6.27. The topological polar surface area (TPSA) is 9.23 Å². The molecule has 0 N–H and O–H groups in total. The van der Waals surface area contributed by atoms with Crippen LogP contribution in [0.4, 0.5) is 13.2 Å². The molecule has 2 aromatic carbocycles. The Morgan fingerprint density at radius 3 is 2.32 bits per heavy atom. The van der Waals surface area contributed by atoms with Gasteiger partial charge in [-0.2, -0.15) is 0 Å². The first-order chi connectivity index (χ1) is 8.87. The molecule has 5 heteroatoms. The molecule has 0 aliphatic heterocycles. The van der Waals surface area contributed by atoms with Crippen molar-refractivity contribution in [2.45, 2.75) is 13.3 Å². The summed E-state index contributed by atoms with van der Waals surface area (Å²) in [5.41, 5.74) is 2.00. The summed E-state index contributed by atoms with van der Waals surface area (Å²) in [7, 11) is 0. The number of hydrogen-bond donors (Lipinski definition) is 0. The highest BCUT2D eigenvalue weighted by Gasteiger charge is 2.32. The van der Waals surface area contributed by atoms with Gasteiger partial charge in [-0.25, -0.2) is 0 Å². The number of halogens is 4. The lowest BCUT2D eigenvalue weighted by Gasteiger charge is -2.14. The summed E-state index contributed by atoms with van der Waals surface area (Å²) in [6.45, 7) is 1.84. The van der Waals surface area contributed by atoms with Crippen LogP contribution in [0.2, 0.25) is 0 Å². The van der Waals surface area contributed by atoms with E-state index in [1.165, 1.54) is 12.1 Å². The second-order valence-electron chi connectivity index (χ2n) is 4.00. The summed E-state index contributed by atoms with van der Waals surface area (Å²) in [4.78, 5) is 0. The normalized spacial score (nSPS) is 11.4. The molecule has 0 saturated heterocycles. The minimum absolute atomic E-state index is 0.194. The molecular weight excluding hydrogens is 321 g/mol. The van der Waals surface area contributed by atoms with Gasteiger partial charge < -0.3 is 4.74 Å². The Morgan fingerprint density at radius 1 is 1.00 bits per heavy atom. The Morgan fingerprint density at radius 2 is 1.68 bits per heavy atom. The van der Waals surface area contributed by atoms with Gasteiger partial charge in [-0.1, -0.05) is 40.2 Å². The number of para-hydroxylation sites is 1. The summed E-state index contributed by atoms with van der Waals surface area (Å²) >= 11 is 3.32. The van der Waals surface area contributed by atoms with Crippen molar-refractivity contribution in [3.05, 3.63) is 52.5 Å². The molecule has 2 aromatic rings. The highest BCUT2D eigenvalue weighted by molar-refractivity contribution is 9.10. The first kappa shape index (κ1) is 13.9. The molecule has 2 rings (SSSR count). The van der Waals surface area contributed by atoms with Gasteiger partial charge in [0.15, 0.2) is 0 Å². The quantitative estimate of drug-likeness (QED) is 0.723. The average Bonchev–Trinajstić information content (AvgIpc) is 2.28. The highest BCUT2D eigenvalue weighted by Crippen LogP contribution is 2.35. The van der Waals surface area contributed by atoms with E-state index >= 15 is 0 Å². The Balaban J connectivity index is 2.50. The number of alkyl halides is 3. The second-order valence-corrected chi connectivity index (χ2v) is 4.92. The molecule has 0 fully saturated rings. The van der Waals surface area contributed by atoms with E-state index in [-0.39, 0.29) is 5.75 Å². The molecule has 19 heavy (non-hydrogen) atoms. The molecule has 0 aromatic heterocycles. The third-order valence-electron chi connectivity index (χ3n) is 2.59. The number of ether oxygens (including phenoxy) is 1. The molecule has 0 unspecified atom stereocenters. The minimum atomic E-state index is -4.70. The number of hydrogen-bond acceptors (Lipinski definition) is 1. The van der Waals surface area contributed by atoms with Crippen LogP contribution >= 0.6 is 15.9 Å². The van der Waals surface area contributed by atoms with Gasteiger partial charge in [-0.3, -0.25) is 0 Å². The van der Waals surface area contributed by atoms with E-state index < -0.39 is 6.36 Å². The summed E-state index contributed by atoms with van der Waals surface area (Å²) in [6, 6.07) is 11.5. The predicted octanol–water partition coefficient (Wildman–Crippen LogP) is 5.32. The number of benzene rings is 2. The van der Waals surface area contributed by atoms with Crippen LogP contribution in [0.15, 0.2) is 46.9 Å². The van der Waals surface area contributed by atoms with Gasteiger partial charge in [-0.05, 0) is 36.2 Å². The van der Waals surface area contributed by atoms with Crippen LogP contribution in [0.5, 0.6) is 5.75 Å². The fourth-order valence-corrected chi connectivity index (χ4v) is 2.31. The summed E-state index contributed by atoms with van der Waals surface area (Å²) in [6.07, 6.45) is -4.70. The molecule has 0 radical (unpaired) electrons. The summed E-state index contributed by atoms with van der Waals surface area (Å²) < 4.78 is 42.1. The van der Waals surface area contributed by atoms with Crippen molar-refractivity contribution in [1.82, 2.24) is 0 Å². The van der Waals surface area contributed by atoms with E-state index in [1.807, 2.05) is 13.0 Å². The molecule has 0 bridgehead atoms. The fraction of sp³-hybridized carbons (Fsp3) is 0.143. The smallest absolute Gasteiger partial charge is 0.405 e. The lowest BCUT2D eigenvalue weighted by Crippen LogP contribution is -2.17. The van der Waals surface area contributed by atoms with Crippen LogP contribution in [0, 0.1) is 6.92 Å². The van der Waals surface area contributed by atoms with Crippen molar-refractivity contribution in [3.63, 3.8) is 0 Å². The maximum Gasteiger partial charge on any atom is 0.573 e. The van der Waals surface area contributed by atoms with E-state index in [0.717, 1.165) is 10.0 Å². The van der Waals surface area contributed by atoms with Crippen molar-refractivity contribution in [2.75, 3.05) is 0 Å². The number of aryl methyl sites for hydroxylation is 1. The predicted molar refractivity (Wildman–Crippen MR) is 71.0 cm³/mol. The van der Waals surface area contributed by atoms with Crippen LogP contribution < -0.4 is 4.74 Å². The zero-order valence-electron chi connectivity index (χ0n) is 9.96. The Hall–Kier alpha value is -1.49. The van der Waals surface area contributed by atoms with E-state index in [9.17, 15) is 13.2 Å². The van der Waals surface area contributed by atoms with Crippen molar-refractivity contribution < 1.29 is 17.9 Å². The minimum Gasteiger partial charge on any atom is -0.405 e. The van der Waals surface area contributed by atoms with Crippen LogP contribution in [0.1, 0.15) is 5.56 Å². The van der Waals surface area contributed by atoms with Crippen LogP contribution in [0.25, 0.3) is 11.1 Å². The molecule has 0 atom stereocenters. The Bertz CT molecular complexity index is 593. The largest absolute Gasteiger partial charge is 0.573 e. The zero-order valence-corrected chi connectivity index (χ0v) is 11.5. The molecular formula is C14H10BrF3O. The lowest BCUT2D eigenvalue weighted by molar-refractivity contribution is -0.274. The zero-order chi connectivity index (χ0) is 14.0. The third kappa shape index (κ3) is 3.50. The molecule has 1 nitrogen and oxygen atoms in total. The monoisotopic (exact) mass is 330 g/mol. The lowest BCUT2D eigenvalue weighted by atomic mass is 10.00.